The van der Waals surface area contributed by atoms with Crippen molar-refractivity contribution >= 4 is 39.1 Å². The number of halogens is 2. The van der Waals surface area contributed by atoms with E-state index in [2.05, 4.69) is 0 Å². The first-order chi connectivity index (χ1) is 14.4. The van der Waals surface area contributed by atoms with Crippen molar-refractivity contribution in [1.82, 2.24) is 9.21 Å². The van der Waals surface area contributed by atoms with Crippen LogP contribution in [0.25, 0.3) is 0 Å². The second kappa shape index (κ2) is 8.72. The van der Waals surface area contributed by atoms with Gasteiger partial charge in [0.05, 0.1) is 29.7 Å². The van der Waals surface area contributed by atoms with Gasteiger partial charge in [-0.1, -0.05) is 47.5 Å². The summed E-state index contributed by atoms with van der Waals surface area (Å²) >= 11 is 12.2. The molecule has 2 aromatic carbocycles. The lowest BCUT2D eigenvalue weighted by Gasteiger charge is -2.42. The quantitative estimate of drug-likeness (QED) is 0.671. The van der Waals surface area contributed by atoms with Gasteiger partial charge < -0.3 is 14.4 Å². The highest BCUT2D eigenvalue weighted by molar-refractivity contribution is 7.89. The summed E-state index contributed by atoms with van der Waals surface area (Å²) in [5, 5.41) is 0.660. The fourth-order valence-electron chi connectivity index (χ4n) is 3.40. The van der Waals surface area contributed by atoms with Crippen LogP contribution in [0.1, 0.15) is 0 Å². The molecule has 1 amide bonds. The summed E-state index contributed by atoms with van der Waals surface area (Å²) in [6.45, 7) is 1.02. The Kier molecular flexibility index (Phi) is 6.22. The number of rotatable bonds is 5. The van der Waals surface area contributed by atoms with Gasteiger partial charge in [0, 0.05) is 13.1 Å². The van der Waals surface area contributed by atoms with Gasteiger partial charge in [-0.2, -0.15) is 4.31 Å². The fraction of sp³-hybridized carbons (Fsp3) is 0.350. The van der Waals surface area contributed by atoms with Crippen LogP contribution in [0.3, 0.4) is 0 Å². The Morgan fingerprint density at radius 3 is 2.37 bits per heavy atom. The molecule has 4 rings (SSSR count). The Labute approximate surface area is 185 Å². The van der Waals surface area contributed by atoms with Crippen molar-refractivity contribution in [2.45, 2.75) is 17.1 Å². The van der Waals surface area contributed by atoms with E-state index in [1.54, 1.807) is 29.2 Å². The number of likely N-dealkylation sites (tertiary alicyclic amines) is 1. The standard InChI is InChI=1S/C20H20Cl2N2O5S/c21-15-5-1-3-7-17(15)29-14-11-23(12-14)20(25)18-13-24(9-10-28-18)30(26,27)19-8-4-2-6-16(19)22/h1-8,14,18H,9-13H2. The average molecular weight is 471 g/mol. The molecule has 0 radical (unpaired) electrons. The van der Waals surface area contributed by atoms with Crippen molar-refractivity contribution in [2.24, 2.45) is 0 Å². The van der Waals surface area contributed by atoms with E-state index in [9.17, 15) is 13.2 Å². The van der Waals surface area contributed by atoms with Crippen LogP contribution in [0.2, 0.25) is 10.0 Å². The molecule has 30 heavy (non-hydrogen) atoms. The molecule has 2 aromatic rings. The van der Waals surface area contributed by atoms with Gasteiger partial charge >= 0.3 is 0 Å². The van der Waals surface area contributed by atoms with E-state index in [0.717, 1.165) is 0 Å². The minimum absolute atomic E-state index is 0.0249. The van der Waals surface area contributed by atoms with Crippen LogP contribution >= 0.6 is 23.2 Å². The maximum Gasteiger partial charge on any atom is 0.253 e. The topological polar surface area (TPSA) is 76.2 Å². The van der Waals surface area contributed by atoms with E-state index in [1.165, 1.54) is 16.4 Å². The first kappa shape index (κ1) is 21.4. The van der Waals surface area contributed by atoms with Crippen molar-refractivity contribution in [3.8, 4) is 5.75 Å². The van der Waals surface area contributed by atoms with Gasteiger partial charge in [-0.05, 0) is 24.3 Å². The number of sulfonamides is 1. The van der Waals surface area contributed by atoms with E-state index in [0.29, 0.717) is 23.9 Å². The van der Waals surface area contributed by atoms with E-state index >= 15 is 0 Å². The second-order valence-corrected chi connectivity index (χ2v) is 9.79. The van der Waals surface area contributed by atoms with Gasteiger partial charge in [0.25, 0.3) is 5.91 Å². The van der Waals surface area contributed by atoms with E-state index < -0.39 is 16.1 Å². The zero-order valence-corrected chi connectivity index (χ0v) is 18.2. The molecule has 0 bridgehead atoms. The molecule has 10 heteroatoms. The molecule has 1 unspecified atom stereocenters. The highest BCUT2D eigenvalue weighted by atomic mass is 35.5. The van der Waals surface area contributed by atoms with Crippen molar-refractivity contribution in [1.29, 1.82) is 0 Å². The average Bonchev–Trinajstić information content (AvgIpc) is 2.71. The number of carbonyl (C=O) groups excluding carboxylic acids is 1. The fourth-order valence-corrected chi connectivity index (χ4v) is 5.50. The summed E-state index contributed by atoms with van der Waals surface area (Å²) in [6, 6.07) is 13.4. The second-order valence-electron chi connectivity index (χ2n) is 7.07. The van der Waals surface area contributed by atoms with Gasteiger partial charge in [0.2, 0.25) is 10.0 Å². The predicted octanol–water partition coefficient (Wildman–Crippen LogP) is 2.67. The minimum Gasteiger partial charge on any atom is -0.485 e. The number of ether oxygens (including phenoxy) is 2. The van der Waals surface area contributed by atoms with Crippen LogP contribution in [0.5, 0.6) is 5.75 Å². The van der Waals surface area contributed by atoms with Crippen molar-refractivity contribution in [3.05, 3.63) is 58.6 Å². The predicted molar refractivity (Wildman–Crippen MR) is 112 cm³/mol. The molecule has 0 aliphatic carbocycles. The monoisotopic (exact) mass is 470 g/mol. The molecule has 7 nitrogen and oxygen atoms in total. The Morgan fingerprint density at radius 2 is 1.67 bits per heavy atom. The number of carbonyl (C=O) groups is 1. The summed E-state index contributed by atoms with van der Waals surface area (Å²) in [6.07, 6.45) is -1.03. The molecule has 2 saturated heterocycles. The minimum atomic E-state index is -3.82. The van der Waals surface area contributed by atoms with E-state index in [4.69, 9.17) is 32.7 Å². The van der Waals surface area contributed by atoms with Crippen LogP contribution in [-0.4, -0.2) is 68.5 Å². The molecule has 2 fully saturated rings. The normalized spacial score (nSPS) is 20.6. The summed E-state index contributed by atoms with van der Waals surface area (Å²) in [4.78, 5) is 14.4. The number of morpholine rings is 1. The van der Waals surface area contributed by atoms with Crippen LogP contribution in [0.15, 0.2) is 53.4 Å². The van der Waals surface area contributed by atoms with Crippen LogP contribution in [-0.2, 0) is 19.6 Å². The van der Waals surface area contributed by atoms with Crippen molar-refractivity contribution in [2.75, 3.05) is 32.8 Å². The van der Waals surface area contributed by atoms with Crippen LogP contribution < -0.4 is 4.74 Å². The molecule has 0 aromatic heterocycles. The van der Waals surface area contributed by atoms with Gasteiger partial charge in [-0.25, -0.2) is 8.42 Å². The molecule has 1 atom stereocenters. The number of nitrogens with zero attached hydrogens (tertiary/aromatic N) is 2. The lowest BCUT2D eigenvalue weighted by molar-refractivity contribution is -0.156. The lowest BCUT2D eigenvalue weighted by atomic mass is 10.1. The SMILES string of the molecule is O=C(C1CN(S(=O)(=O)c2ccccc2Cl)CCO1)N1CC(Oc2ccccc2Cl)C1. The molecule has 2 aliphatic heterocycles. The molecular weight excluding hydrogens is 451 g/mol. The summed E-state index contributed by atoms with van der Waals surface area (Å²) in [7, 11) is -3.82. The van der Waals surface area contributed by atoms with Gasteiger partial charge in [-0.15, -0.1) is 0 Å². The lowest BCUT2D eigenvalue weighted by Crippen LogP contribution is -2.61. The summed E-state index contributed by atoms with van der Waals surface area (Å²) < 4.78 is 38.5. The molecule has 0 spiro atoms. The third-order valence-corrected chi connectivity index (χ3v) is 7.73. The smallest absolute Gasteiger partial charge is 0.253 e. The first-order valence-corrected chi connectivity index (χ1v) is 11.6. The van der Waals surface area contributed by atoms with Crippen molar-refractivity contribution < 1.29 is 22.7 Å². The molecule has 2 aliphatic rings. The maximum atomic E-state index is 12.9. The largest absolute Gasteiger partial charge is 0.485 e. The maximum absolute atomic E-state index is 12.9. The number of benzene rings is 2. The zero-order valence-electron chi connectivity index (χ0n) is 15.9. The Balaban J connectivity index is 1.37. The highest BCUT2D eigenvalue weighted by Gasteiger charge is 2.40. The molecule has 0 N–H and O–H groups in total. The molecule has 0 saturated carbocycles. The van der Waals surface area contributed by atoms with Crippen LogP contribution in [0.4, 0.5) is 0 Å². The third kappa shape index (κ3) is 4.29. The Morgan fingerprint density at radius 1 is 1.00 bits per heavy atom. The number of hydrogen-bond donors (Lipinski definition) is 0. The Bertz CT molecular complexity index is 1040. The first-order valence-electron chi connectivity index (χ1n) is 9.42. The Hall–Kier alpha value is -1.84. The van der Waals surface area contributed by atoms with Gasteiger partial charge in [0.1, 0.15) is 22.9 Å². The molecule has 160 valence electrons. The number of amides is 1. The van der Waals surface area contributed by atoms with Gasteiger partial charge in [-0.3, -0.25) is 4.79 Å². The number of hydrogen-bond acceptors (Lipinski definition) is 5. The van der Waals surface area contributed by atoms with Crippen LogP contribution in [0, 0.1) is 0 Å². The highest BCUT2D eigenvalue weighted by Crippen LogP contribution is 2.28. The van der Waals surface area contributed by atoms with Crippen molar-refractivity contribution in [3.63, 3.8) is 0 Å². The van der Waals surface area contributed by atoms with E-state index in [1.807, 2.05) is 12.1 Å². The summed E-state index contributed by atoms with van der Waals surface area (Å²) in [5.74, 6) is 0.315. The third-order valence-electron chi connectivity index (χ3n) is 5.05. The molecular formula is C20H20Cl2N2O5S. The van der Waals surface area contributed by atoms with Gasteiger partial charge in [0.15, 0.2) is 0 Å². The van der Waals surface area contributed by atoms with E-state index in [-0.39, 0.29) is 41.6 Å². The molecule has 2 heterocycles. The zero-order chi connectivity index (χ0) is 21.3. The number of para-hydroxylation sites is 1. The summed E-state index contributed by atoms with van der Waals surface area (Å²) in [5.41, 5.74) is 0.